The lowest BCUT2D eigenvalue weighted by Crippen LogP contribution is -2.38. The molecule has 0 N–H and O–H groups in total. The van der Waals surface area contributed by atoms with Gasteiger partial charge in [-0.2, -0.15) is 3.97 Å². The molecule has 0 bridgehead atoms. The predicted octanol–water partition coefficient (Wildman–Crippen LogP) is 2.70. The highest BCUT2D eigenvalue weighted by Crippen LogP contribution is 2.13. The Morgan fingerprint density at radius 2 is 1.85 bits per heavy atom. The number of hydrogen-bond acceptors (Lipinski definition) is 5. The van der Waals surface area contributed by atoms with Gasteiger partial charge in [0.05, 0.1) is 6.61 Å². The Bertz CT molecular complexity index is 969. The summed E-state index contributed by atoms with van der Waals surface area (Å²) in [5.41, 5.74) is 0.826. The standard InChI is InChI=1S/C19H19N3O3S/c1-2-16-12-21(14-25-13-15-8-4-3-5-9-15)19(24)22(18(16)23)26-17-10-6-7-11-20-17/h3-12H,2,13-14H2,1H3. The van der Waals surface area contributed by atoms with Crippen LogP contribution in [0.15, 0.2) is 75.5 Å². The van der Waals surface area contributed by atoms with Crippen molar-refractivity contribution in [1.82, 2.24) is 13.5 Å². The van der Waals surface area contributed by atoms with Crippen molar-refractivity contribution in [2.24, 2.45) is 0 Å². The number of benzene rings is 1. The summed E-state index contributed by atoms with van der Waals surface area (Å²) in [5.74, 6) is 0. The molecule has 0 amide bonds. The third-order valence-corrected chi connectivity index (χ3v) is 4.67. The molecule has 6 nitrogen and oxygen atoms in total. The maximum Gasteiger partial charge on any atom is 0.343 e. The number of hydrogen-bond donors (Lipinski definition) is 0. The summed E-state index contributed by atoms with van der Waals surface area (Å²) in [7, 11) is 0. The first-order chi connectivity index (χ1) is 12.7. The van der Waals surface area contributed by atoms with Crippen LogP contribution in [0.4, 0.5) is 0 Å². The van der Waals surface area contributed by atoms with E-state index in [-0.39, 0.29) is 12.3 Å². The van der Waals surface area contributed by atoms with Gasteiger partial charge in [0.25, 0.3) is 5.56 Å². The first-order valence-corrected chi connectivity index (χ1v) is 9.02. The van der Waals surface area contributed by atoms with Crippen molar-refractivity contribution >= 4 is 11.9 Å². The van der Waals surface area contributed by atoms with Crippen molar-refractivity contribution in [3.63, 3.8) is 0 Å². The second-order valence-electron chi connectivity index (χ2n) is 5.58. The molecular formula is C19H19N3O3S. The van der Waals surface area contributed by atoms with E-state index in [2.05, 4.69) is 4.98 Å². The van der Waals surface area contributed by atoms with Crippen LogP contribution >= 0.6 is 11.9 Å². The van der Waals surface area contributed by atoms with E-state index >= 15 is 0 Å². The molecule has 0 fully saturated rings. The number of nitrogens with zero attached hydrogens (tertiary/aromatic N) is 3. The minimum Gasteiger partial charge on any atom is -0.356 e. The van der Waals surface area contributed by atoms with Crippen LogP contribution in [0.25, 0.3) is 0 Å². The van der Waals surface area contributed by atoms with Gasteiger partial charge in [0.2, 0.25) is 0 Å². The minimum atomic E-state index is -0.434. The van der Waals surface area contributed by atoms with Gasteiger partial charge in [-0.05, 0) is 24.1 Å². The molecule has 0 aliphatic rings. The van der Waals surface area contributed by atoms with Crippen LogP contribution in [0.2, 0.25) is 0 Å². The summed E-state index contributed by atoms with van der Waals surface area (Å²) >= 11 is 1.02. The molecule has 0 radical (unpaired) electrons. The highest BCUT2D eigenvalue weighted by Gasteiger charge is 2.12. The Balaban J connectivity index is 1.84. The number of rotatable bonds is 7. The highest BCUT2D eigenvalue weighted by atomic mass is 32.2. The lowest BCUT2D eigenvalue weighted by atomic mass is 10.2. The Morgan fingerprint density at radius 3 is 2.54 bits per heavy atom. The molecule has 0 saturated carbocycles. The van der Waals surface area contributed by atoms with E-state index in [9.17, 15) is 9.59 Å². The summed E-state index contributed by atoms with van der Waals surface area (Å²) in [5, 5.41) is 0.580. The first-order valence-electron chi connectivity index (χ1n) is 8.25. The predicted molar refractivity (Wildman–Crippen MR) is 101 cm³/mol. The molecular weight excluding hydrogens is 350 g/mol. The fraction of sp³-hybridized carbons (Fsp3) is 0.211. The van der Waals surface area contributed by atoms with Gasteiger partial charge in [0.1, 0.15) is 11.8 Å². The zero-order chi connectivity index (χ0) is 18.4. The zero-order valence-corrected chi connectivity index (χ0v) is 15.2. The molecule has 3 aromatic rings. The van der Waals surface area contributed by atoms with Crippen molar-refractivity contribution < 1.29 is 4.74 Å². The van der Waals surface area contributed by atoms with E-state index in [1.807, 2.05) is 43.3 Å². The number of ether oxygens (including phenoxy) is 1. The third-order valence-electron chi connectivity index (χ3n) is 3.74. The molecule has 0 spiro atoms. The Morgan fingerprint density at radius 1 is 1.08 bits per heavy atom. The van der Waals surface area contributed by atoms with Crippen LogP contribution in [-0.4, -0.2) is 13.5 Å². The molecule has 0 aliphatic carbocycles. The van der Waals surface area contributed by atoms with Crippen molar-refractivity contribution in [3.05, 3.63) is 92.9 Å². The Hall–Kier alpha value is -2.64. The molecule has 26 heavy (non-hydrogen) atoms. The molecule has 0 aliphatic heterocycles. The second kappa shape index (κ2) is 8.64. The molecule has 7 heteroatoms. The van der Waals surface area contributed by atoms with Gasteiger partial charge in [-0.25, -0.2) is 9.78 Å². The Kier molecular flexibility index (Phi) is 6.04. The monoisotopic (exact) mass is 369 g/mol. The van der Waals surface area contributed by atoms with Crippen molar-refractivity contribution in [3.8, 4) is 0 Å². The fourth-order valence-corrected chi connectivity index (χ4v) is 3.20. The van der Waals surface area contributed by atoms with E-state index < -0.39 is 5.69 Å². The number of aryl methyl sites for hydroxylation is 1. The average molecular weight is 369 g/mol. The third kappa shape index (κ3) is 4.30. The summed E-state index contributed by atoms with van der Waals surface area (Å²) in [4.78, 5) is 29.4. The fourth-order valence-electron chi connectivity index (χ4n) is 2.38. The summed E-state index contributed by atoms with van der Waals surface area (Å²) in [6, 6.07) is 15.1. The van der Waals surface area contributed by atoms with Gasteiger partial charge >= 0.3 is 5.69 Å². The smallest absolute Gasteiger partial charge is 0.343 e. The first kappa shape index (κ1) is 18.2. The summed E-state index contributed by atoms with van der Waals surface area (Å²) in [6.07, 6.45) is 3.73. The van der Waals surface area contributed by atoms with Gasteiger partial charge in [-0.3, -0.25) is 9.36 Å². The zero-order valence-electron chi connectivity index (χ0n) is 14.4. The highest BCUT2D eigenvalue weighted by molar-refractivity contribution is 7.97. The van der Waals surface area contributed by atoms with Crippen molar-refractivity contribution in [2.75, 3.05) is 0 Å². The van der Waals surface area contributed by atoms with Gasteiger partial charge in [-0.15, -0.1) is 0 Å². The molecule has 2 heterocycles. The van der Waals surface area contributed by atoms with Gasteiger partial charge in [0, 0.05) is 29.9 Å². The molecule has 0 atom stereocenters. The van der Waals surface area contributed by atoms with Crippen molar-refractivity contribution in [1.29, 1.82) is 0 Å². The lowest BCUT2D eigenvalue weighted by molar-refractivity contribution is 0.0604. The van der Waals surface area contributed by atoms with E-state index in [1.54, 1.807) is 24.5 Å². The minimum absolute atomic E-state index is 0.0732. The van der Waals surface area contributed by atoms with Crippen LogP contribution in [0.1, 0.15) is 18.1 Å². The second-order valence-corrected chi connectivity index (χ2v) is 6.55. The molecule has 0 saturated heterocycles. The molecule has 134 valence electrons. The van der Waals surface area contributed by atoms with Crippen molar-refractivity contribution in [2.45, 2.75) is 31.7 Å². The maximum atomic E-state index is 12.7. The van der Waals surface area contributed by atoms with Gasteiger partial charge in [-0.1, -0.05) is 43.3 Å². The average Bonchev–Trinajstić information content (AvgIpc) is 2.68. The quantitative estimate of drug-likeness (QED) is 0.641. The topological polar surface area (TPSA) is 66.1 Å². The lowest BCUT2D eigenvalue weighted by Gasteiger charge is -2.12. The Labute approximate surface area is 155 Å². The molecule has 3 rings (SSSR count). The SMILES string of the molecule is CCc1cn(COCc2ccccc2)c(=O)n(Sc2ccccn2)c1=O. The van der Waals surface area contributed by atoms with Crippen LogP contribution in [0.5, 0.6) is 0 Å². The molecule has 1 aromatic carbocycles. The van der Waals surface area contributed by atoms with E-state index in [4.69, 9.17) is 4.74 Å². The van der Waals surface area contributed by atoms with Crippen LogP contribution in [-0.2, 0) is 24.5 Å². The van der Waals surface area contributed by atoms with Gasteiger partial charge < -0.3 is 4.74 Å². The summed E-state index contributed by atoms with van der Waals surface area (Å²) < 4.78 is 8.20. The van der Waals surface area contributed by atoms with E-state index in [0.717, 1.165) is 21.5 Å². The largest absolute Gasteiger partial charge is 0.356 e. The van der Waals surface area contributed by atoms with E-state index in [0.29, 0.717) is 23.6 Å². The summed E-state index contributed by atoms with van der Waals surface area (Å²) in [6.45, 7) is 2.34. The molecule has 0 unspecified atom stereocenters. The normalized spacial score (nSPS) is 10.8. The van der Waals surface area contributed by atoms with Crippen LogP contribution < -0.4 is 11.2 Å². The van der Waals surface area contributed by atoms with Crippen LogP contribution in [0.3, 0.4) is 0 Å². The van der Waals surface area contributed by atoms with Gasteiger partial charge in [0.15, 0.2) is 0 Å². The number of aromatic nitrogens is 3. The van der Waals surface area contributed by atoms with E-state index in [1.165, 1.54) is 4.57 Å². The van der Waals surface area contributed by atoms with Crippen LogP contribution in [0, 0.1) is 0 Å². The molecule has 2 aromatic heterocycles. The number of pyridine rings is 1. The maximum absolute atomic E-state index is 12.7.